The van der Waals surface area contributed by atoms with E-state index in [2.05, 4.69) is 35.3 Å². The van der Waals surface area contributed by atoms with Crippen molar-refractivity contribution in [1.82, 2.24) is 15.0 Å². The molecule has 2 aromatic rings. The fraction of sp³-hybridized carbons (Fsp3) is 0.474. The van der Waals surface area contributed by atoms with Crippen LogP contribution in [0.1, 0.15) is 31.2 Å². The van der Waals surface area contributed by atoms with E-state index in [0.29, 0.717) is 23.6 Å². The van der Waals surface area contributed by atoms with Gasteiger partial charge in [-0.3, -0.25) is 0 Å². The minimum absolute atomic E-state index is 0.0688. The second-order valence-electron chi connectivity index (χ2n) is 6.95. The number of hydrogen-bond acceptors (Lipinski definition) is 9. The Morgan fingerprint density at radius 2 is 1.61 bits per heavy atom. The molecule has 0 atom stereocenters. The zero-order valence-corrected chi connectivity index (χ0v) is 16.0. The summed E-state index contributed by atoms with van der Waals surface area (Å²) in [6, 6.07) is 5.09. The lowest BCUT2D eigenvalue weighted by molar-refractivity contribution is 0.373. The molecule has 0 spiro atoms. The summed E-state index contributed by atoms with van der Waals surface area (Å²) in [6.45, 7) is 3.88. The molecular formula is C19H25N7O2. The van der Waals surface area contributed by atoms with Crippen molar-refractivity contribution in [2.24, 2.45) is 5.10 Å². The Labute approximate surface area is 164 Å². The van der Waals surface area contributed by atoms with Crippen LogP contribution in [0.4, 0.5) is 17.8 Å². The number of hydrazone groups is 1. The van der Waals surface area contributed by atoms with Gasteiger partial charge in [0.25, 0.3) is 0 Å². The van der Waals surface area contributed by atoms with Gasteiger partial charge in [0.2, 0.25) is 17.8 Å². The number of aromatic nitrogens is 3. The van der Waals surface area contributed by atoms with Gasteiger partial charge < -0.3 is 19.6 Å². The molecule has 2 saturated heterocycles. The zero-order chi connectivity index (χ0) is 19.3. The maximum atomic E-state index is 9.87. The maximum Gasteiger partial charge on any atom is 0.250 e. The van der Waals surface area contributed by atoms with Gasteiger partial charge in [0.05, 0.1) is 13.3 Å². The van der Waals surface area contributed by atoms with E-state index in [9.17, 15) is 5.11 Å². The van der Waals surface area contributed by atoms with Crippen LogP contribution >= 0.6 is 0 Å². The van der Waals surface area contributed by atoms with Gasteiger partial charge in [0.15, 0.2) is 11.5 Å². The largest absolute Gasteiger partial charge is 0.504 e. The summed E-state index contributed by atoms with van der Waals surface area (Å²) >= 11 is 0. The van der Waals surface area contributed by atoms with Gasteiger partial charge in [-0.1, -0.05) is 0 Å². The molecule has 3 heterocycles. The van der Waals surface area contributed by atoms with Crippen molar-refractivity contribution in [1.29, 1.82) is 0 Å². The van der Waals surface area contributed by atoms with Crippen LogP contribution in [-0.2, 0) is 0 Å². The highest BCUT2D eigenvalue weighted by Crippen LogP contribution is 2.26. The van der Waals surface area contributed by atoms with Gasteiger partial charge in [-0.05, 0) is 49.4 Å². The fourth-order valence-corrected chi connectivity index (χ4v) is 3.47. The predicted octanol–water partition coefficient (Wildman–Crippen LogP) is 2.23. The summed E-state index contributed by atoms with van der Waals surface area (Å²) in [6.07, 6.45) is 6.24. The average molecular weight is 383 g/mol. The molecule has 9 nitrogen and oxygen atoms in total. The average Bonchev–Trinajstić information content (AvgIpc) is 3.42. The van der Waals surface area contributed by atoms with E-state index < -0.39 is 0 Å². The SMILES string of the molecule is COc1ccc(/C=N\Nc2nc(N3CCCC3)nc(N3CCCC3)n2)cc1O. The van der Waals surface area contributed by atoms with E-state index >= 15 is 0 Å². The lowest BCUT2D eigenvalue weighted by Gasteiger charge is -2.20. The van der Waals surface area contributed by atoms with Crippen LogP contribution in [0, 0.1) is 0 Å². The van der Waals surface area contributed by atoms with Crippen LogP contribution in [0.5, 0.6) is 11.5 Å². The summed E-state index contributed by atoms with van der Waals surface area (Å²) in [4.78, 5) is 18.2. The van der Waals surface area contributed by atoms with Gasteiger partial charge >= 0.3 is 0 Å². The smallest absolute Gasteiger partial charge is 0.250 e. The number of ether oxygens (including phenoxy) is 1. The molecule has 0 saturated carbocycles. The molecule has 9 heteroatoms. The van der Waals surface area contributed by atoms with Crippen LogP contribution in [0.2, 0.25) is 0 Å². The quantitative estimate of drug-likeness (QED) is 0.579. The summed E-state index contributed by atoms with van der Waals surface area (Å²) < 4.78 is 5.05. The molecule has 148 valence electrons. The molecule has 4 rings (SSSR count). The Morgan fingerprint density at radius 3 is 2.14 bits per heavy atom. The molecule has 2 fully saturated rings. The van der Waals surface area contributed by atoms with E-state index in [-0.39, 0.29) is 5.75 Å². The van der Waals surface area contributed by atoms with Crippen LogP contribution in [-0.4, -0.2) is 59.6 Å². The first-order valence-corrected chi connectivity index (χ1v) is 9.65. The van der Waals surface area contributed by atoms with E-state index in [1.54, 1.807) is 18.3 Å². The number of aromatic hydroxyl groups is 1. The Balaban J connectivity index is 1.53. The monoisotopic (exact) mass is 383 g/mol. The number of rotatable bonds is 6. The summed E-state index contributed by atoms with van der Waals surface area (Å²) in [5.74, 6) is 2.32. The number of nitrogens with one attached hydrogen (secondary N) is 1. The first kappa shape index (κ1) is 18.3. The summed E-state index contributed by atoms with van der Waals surface area (Å²) in [7, 11) is 1.51. The van der Waals surface area contributed by atoms with E-state index in [1.165, 1.54) is 7.11 Å². The number of anilines is 3. The maximum absolute atomic E-state index is 9.87. The number of hydrogen-bond donors (Lipinski definition) is 2. The van der Waals surface area contributed by atoms with Gasteiger partial charge in [0.1, 0.15) is 0 Å². The highest BCUT2D eigenvalue weighted by Gasteiger charge is 2.21. The third kappa shape index (κ3) is 4.08. The van der Waals surface area contributed by atoms with Crippen molar-refractivity contribution in [2.75, 3.05) is 48.5 Å². The predicted molar refractivity (Wildman–Crippen MR) is 109 cm³/mol. The van der Waals surface area contributed by atoms with E-state index in [1.807, 2.05) is 6.07 Å². The molecule has 0 aliphatic carbocycles. The molecule has 0 unspecified atom stereocenters. The first-order valence-electron chi connectivity index (χ1n) is 9.65. The molecule has 1 aromatic carbocycles. The van der Waals surface area contributed by atoms with Crippen molar-refractivity contribution in [3.8, 4) is 11.5 Å². The third-order valence-electron chi connectivity index (χ3n) is 4.97. The molecule has 2 aliphatic rings. The lowest BCUT2D eigenvalue weighted by atomic mass is 10.2. The van der Waals surface area contributed by atoms with Crippen molar-refractivity contribution in [2.45, 2.75) is 25.7 Å². The minimum atomic E-state index is 0.0688. The van der Waals surface area contributed by atoms with Crippen molar-refractivity contribution in [3.63, 3.8) is 0 Å². The number of methoxy groups -OCH3 is 1. The molecule has 2 N–H and O–H groups in total. The molecule has 0 amide bonds. The number of phenols is 1. The summed E-state index contributed by atoms with van der Waals surface area (Å²) in [5.41, 5.74) is 3.65. The molecule has 28 heavy (non-hydrogen) atoms. The lowest BCUT2D eigenvalue weighted by Crippen LogP contribution is -2.25. The van der Waals surface area contributed by atoms with E-state index in [4.69, 9.17) is 4.74 Å². The molecule has 0 bridgehead atoms. The minimum Gasteiger partial charge on any atom is -0.504 e. The zero-order valence-electron chi connectivity index (χ0n) is 16.0. The van der Waals surface area contributed by atoms with Gasteiger partial charge in [0, 0.05) is 26.2 Å². The van der Waals surface area contributed by atoms with E-state index in [0.717, 1.165) is 57.4 Å². The van der Waals surface area contributed by atoms with Crippen LogP contribution in [0.3, 0.4) is 0 Å². The normalized spacial score (nSPS) is 16.9. The number of nitrogens with zero attached hydrogens (tertiary/aromatic N) is 6. The van der Waals surface area contributed by atoms with Gasteiger partial charge in [-0.2, -0.15) is 20.1 Å². The summed E-state index contributed by atoms with van der Waals surface area (Å²) in [5, 5.41) is 14.1. The van der Waals surface area contributed by atoms with Crippen LogP contribution in [0.15, 0.2) is 23.3 Å². The van der Waals surface area contributed by atoms with Gasteiger partial charge in [-0.25, -0.2) is 5.43 Å². The topological polar surface area (TPSA) is 99.0 Å². The second-order valence-corrected chi connectivity index (χ2v) is 6.95. The molecule has 2 aliphatic heterocycles. The Hall–Kier alpha value is -3.10. The standard InChI is InChI=1S/C19H25N7O2/c1-28-16-7-6-14(12-15(16)27)13-20-24-17-21-18(25-8-2-3-9-25)23-19(22-17)26-10-4-5-11-26/h6-7,12-13,27H,2-5,8-11H2,1H3,(H,21,22,23,24)/b20-13-. The highest BCUT2D eigenvalue weighted by atomic mass is 16.5. The van der Waals surface area contributed by atoms with Crippen molar-refractivity contribution >= 4 is 24.1 Å². The number of phenolic OH excluding ortho intramolecular Hbond substituents is 1. The first-order chi connectivity index (χ1) is 13.7. The molecule has 0 radical (unpaired) electrons. The second kappa shape index (κ2) is 8.28. The third-order valence-corrected chi connectivity index (χ3v) is 4.97. The Morgan fingerprint density at radius 1 is 1.00 bits per heavy atom. The molecule has 1 aromatic heterocycles. The molecular weight excluding hydrogens is 358 g/mol. The fourth-order valence-electron chi connectivity index (χ4n) is 3.47. The highest BCUT2D eigenvalue weighted by molar-refractivity contribution is 5.81. The number of benzene rings is 1. The van der Waals surface area contributed by atoms with Crippen LogP contribution in [0.25, 0.3) is 0 Å². The van der Waals surface area contributed by atoms with Crippen molar-refractivity contribution in [3.05, 3.63) is 23.8 Å². The van der Waals surface area contributed by atoms with Crippen LogP contribution < -0.4 is 20.0 Å². The van der Waals surface area contributed by atoms with Crippen molar-refractivity contribution < 1.29 is 9.84 Å². The van der Waals surface area contributed by atoms with Gasteiger partial charge in [-0.15, -0.1) is 0 Å². The Bertz CT molecular complexity index is 812. The Kier molecular flexibility index (Phi) is 5.41.